The molecule has 1 amide bonds. The molecule has 3 rings (SSSR count). The molecular weight excluding hydrogens is 346 g/mol. The minimum atomic E-state index is 0.00300. The molecule has 5 nitrogen and oxygen atoms in total. The van der Waals surface area contributed by atoms with Crippen LogP contribution >= 0.6 is 15.9 Å². The van der Waals surface area contributed by atoms with E-state index in [9.17, 15) is 4.79 Å². The molecule has 1 aromatic carbocycles. The van der Waals surface area contributed by atoms with Crippen molar-refractivity contribution in [3.05, 3.63) is 52.6 Å². The lowest BCUT2D eigenvalue weighted by Crippen LogP contribution is -2.40. The molecule has 6 heteroatoms. The third kappa shape index (κ3) is 3.45. The molecule has 1 fully saturated rings. The number of para-hydroxylation sites is 1. The molecular formula is C16H16BrN3O2. The van der Waals surface area contributed by atoms with E-state index in [0.29, 0.717) is 37.7 Å². The van der Waals surface area contributed by atoms with Gasteiger partial charge in [0, 0.05) is 23.8 Å². The van der Waals surface area contributed by atoms with Crippen molar-refractivity contribution in [3.8, 4) is 0 Å². The second-order valence-electron chi connectivity index (χ2n) is 4.94. The van der Waals surface area contributed by atoms with Crippen molar-refractivity contribution < 1.29 is 9.53 Å². The number of hydrogen-bond acceptors (Lipinski definition) is 4. The largest absolute Gasteiger partial charge is 0.378 e. The average molecular weight is 362 g/mol. The smallest absolute Gasteiger partial charge is 0.255 e. The van der Waals surface area contributed by atoms with Gasteiger partial charge in [0.2, 0.25) is 0 Å². The molecule has 1 aromatic heterocycles. The van der Waals surface area contributed by atoms with Crippen LogP contribution in [0.5, 0.6) is 0 Å². The van der Waals surface area contributed by atoms with Crippen LogP contribution in [0, 0.1) is 0 Å². The first-order chi connectivity index (χ1) is 10.7. The summed E-state index contributed by atoms with van der Waals surface area (Å²) < 4.78 is 6.22. The zero-order chi connectivity index (χ0) is 15.4. The molecule has 114 valence electrons. The Morgan fingerprint density at radius 2 is 1.95 bits per heavy atom. The number of nitrogens with one attached hydrogen (secondary N) is 1. The number of aromatic nitrogens is 1. The Bertz CT molecular complexity index is 655. The van der Waals surface area contributed by atoms with Crippen LogP contribution in [0.15, 0.2) is 47.1 Å². The van der Waals surface area contributed by atoms with Gasteiger partial charge in [-0.05, 0) is 40.2 Å². The van der Waals surface area contributed by atoms with Crippen molar-refractivity contribution in [2.24, 2.45) is 0 Å². The Hall–Kier alpha value is -1.92. The van der Waals surface area contributed by atoms with E-state index in [4.69, 9.17) is 4.74 Å². The summed E-state index contributed by atoms with van der Waals surface area (Å²) in [4.78, 5) is 18.4. The number of ether oxygens (including phenoxy) is 1. The number of rotatable bonds is 3. The third-order valence-electron chi connectivity index (χ3n) is 3.45. The topological polar surface area (TPSA) is 54.5 Å². The van der Waals surface area contributed by atoms with Gasteiger partial charge < -0.3 is 15.0 Å². The first-order valence-corrected chi connectivity index (χ1v) is 7.88. The van der Waals surface area contributed by atoms with Crippen LogP contribution in [0.3, 0.4) is 0 Å². The maximum Gasteiger partial charge on any atom is 0.255 e. The SMILES string of the molecule is O=C(c1ccc(Nc2ccccc2Br)nc1)N1CCOCC1. The van der Waals surface area contributed by atoms with Gasteiger partial charge in [-0.25, -0.2) is 4.98 Å². The molecule has 0 spiro atoms. The van der Waals surface area contributed by atoms with E-state index in [0.717, 1.165) is 10.2 Å². The van der Waals surface area contributed by atoms with Crippen LogP contribution in [0.2, 0.25) is 0 Å². The second kappa shape index (κ2) is 6.89. The lowest BCUT2D eigenvalue weighted by molar-refractivity contribution is 0.0302. The molecule has 0 unspecified atom stereocenters. The molecule has 2 aromatic rings. The number of anilines is 2. The van der Waals surface area contributed by atoms with E-state index in [-0.39, 0.29) is 5.91 Å². The van der Waals surface area contributed by atoms with Gasteiger partial charge >= 0.3 is 0 Å². The second-order valence-corrected chi connectivity index (χ2v) is 5.80. The van der Waals surface area contributed by atoms with Gasteiger partial charge in [0.15, 0.2) is 0 Å². The normalized spacial score (nSPS) is 14.7. The van der Waals surface area contributed by atoms with E-state index < -0.39 is 0 Å². The monoisotopic (exact) mass is 361 g/mol. The van der Waals surface area contributed by atoms with Crippen LogP contribution in [0.4, 0.5) is 11.5 Å². The highest BCUT2D eigenvalue weighted by Gasteiger charge is 2.18. The van der Waals surface area contributed by atoms with Crippen LogP contribution in [0.25, 0.3) is 0 Å². The first kappa shape index (κ1) is 15.0. The third-order valence-corrected chi connectivity index (χ3v) is 4.14. The number of carbonyl (C=O) groups excluding carboxylic acids is 1. The van der Waals surface area contributed by atoms with Gasteiger partial charge in [-0.2, -0.15) is 0 Å². The Balaban J connectivity index is 1.70. The van der Waals surface area contributed by atoms with Crippen molar-refractivity contribution in [1.29, 1.82) is 0 Å². The lowest BCUT2D eigenvalue weighted by Gasteiger charge is -2.26. The fourth-order valence-corrected chi connectivity index (χ4v) is 2.63. The number of carbonyl (C=O) groups is 1. The Labute approximate surface area is 137 Å². The van der Waals surface area contributed by atoms with Crippen molar-refractivity contribution in [2.75, 3.05) is 31.6 Å². The predicted octanol–water partition coefficient (Wildman–Crippen LogP) is 3.06. The molecule has 0 radical (unpaired) electrons. The lowest BCUT2D eigenvalue weighted by atomic mass is 10.2. The summed E-state index contributed by atoms with van der Waals surface area (Å²) in [5, 5.41) is 3.21. The number of pyridine rings is 1. The highest BCUT2D eigenvalue weighted by molar-refractivity contribution is 9.10. The summed E-state index contributed by atoms with van der Waals surface area (Å²) in [7, 11) is 0. The van der Waals surface area contributed by atoms with Gasteiger partial charge in [-0.3, -0.25) is 4.79 Å². The van der Waals surface area contributed by atoms with E-state index in [1.165, 1.54) is 0 Å². The number of nitrogens with zero attached hydrogens (tertiary/aromatic N) is 2. The number of amides is 1. The molecule has 0 bridgehead atoms. The van der Waals surface area contributed by atoms with E-state index in [2.05, 4.69) is 26.2 Å². The van der Waals surface area contributed by atoms with Crippen molar-refractivity contribution in [2.45, 2.75) is 0 Å². The van der Waals surface area contributed by atoms with Crippen LogP contribution in [-0.2, 0) is 4.74 Å². The molecule has 0 aliphatic carbocycles. The minimum absolute atomic E-state index is 0.00300. The maximum atomic E-state index is 12.3. The number of hydrogen-bond donors (Lipinski definition) is 1. The van der Waals surface area contributed by atoms with Crippen molar-refractivity contribution in [1.82, 2.24) is 9.88 Å². The Kier molecular flexibility index (Phi) is 4.70. The molecule has 2 heterocycles. The maximum absolute atomic E-state index is 12.3. The summed E-state index contributed by atoms with van der Waals surface area (Å²) in [5.41, 5.74) is 1.53. The molecule has 1 N–H and O–H groups in total. The zero-order valence-electron chi connectivity index (χ0n) is 12.0. The number of benzene rings is 1. The summed E-state index contributed by atoms with van der Waals surface area (Å²) in [6.07, 6.45) is 1.61. The Morgan fingerprint density at radius 1 is 1.18 bits per heavy atom. The molecule has 1 aliphatic heterocycles. The minimum Gasteiger partial charge on any atom is -0.378 e. The highest BCUT2D eigenvalue weighted by Crippen LogP contribution is 2.24. The van der Waals surface area contributed by atoms with Gasteiger partial charge in [-0.1, -0.05) is 12.1 Å². The van der Waals surface area contributed by atoms with Crippen LogP contribution in [-0.4, -0.2) is 42.1 Å². The summed E-state index contributed by atoms with van der Waals surface area (Å²) in [5.74, 6) is 0.702. The quantitative estimate of drug-likeness (QED) is 0.912. The van der Waals surface area contributed by atoms with Gasteiger partial charge in [0.1, 0.15) is 5.82 Å². The van der Waals surface area contributed by atoms with E-state index in [1.54, 1.807) is 17.2 Å². The van der Waals surface area contributed by atoms with E-state index >= 15 is 0 Å². The fourth-order valence-electron chi connectivity index (χ4n) is 2.24. The van der Waals surface area contributed by atoms with Crippen molar-refractivity contribution in [3.63, 3.8) is 0 Å². The van der Waals surface area contributed by atoms with Crippen molar-refractivity contribution >= 4 is 33.3 Å². The molecule has 0 saturated carbocycles. The van der Waals surface area contributed by atoms with Crippen LogP contribution < -0.4 is 5.32 Å². The van der Waals surface area contributed by atoms with Crippen LogP contribution in [0.1, 0.15) is 10.4 Å². The van der Waals surface area contributed by atoms with Gasteiger partial charge in [0.05, 0.1) is 24.5 Å². The molecule has 0 atom stereocenters. The number of halogens is 1. The van der Waals surface area contributed by atoms with Gasteiger partial charge in [-0.15, -0.1) is 0 Å². The highest BCUT2D eigenvalue weighted by atomic mass is 79.9. The summed E-state index contributed by atoms with van der Waals surface area (Å²) >= 11 is 3.48. The average Bonchev–Trinajstić information content (AvgIpc) is 2.58. The summed E-state index contributed by atoms with van der Waals surface area (Å²) in [6, 6.07) is 11.4. The number of morpholine rings is 1. The van der Waals surface area contributed by atoms with E-state index in [1.807, 2.05) is 30.3 Å². The first-order valence-electron chi connectivity index (χ1n) is 7.09. The van der Waals surface area contributed by atoms with Gasteiger partial charge in [0.25, 0.3) is 5.91 Å². The predicted molar refractivity (Wildman–Crippen MR) is 88.4 cm³/mol. The zero-order valence-corrected chi connectivity index (χ0v) is 13.5. The fraction of sp³-hybridized carbons (Fsp3) is 0.250. The summed E-state index contributed by atoms with van der Waals surface area (Å²) in [6.45, 7) is 2.47. The standard InChI is InChI=1S/C16H16BrN3O2/c17-13-3-1-2-4-14(13)19-15-6-5-12(11-18-15)16(21)20-7-9-22-10-8-20/h1-6,11H,7-10H2,(H,18,19). The molecule has 1 aliphatic rings. The Morgan fingerprint density at radius 3 is 2.64 bits per heavy atom. The molecule has 22 heavy (non-hydrogen) atoms. The molecule has 1 saturated heterocycles.